The maximum Gasteiger partial charge on any atom is 0.231 e. The van der Waals surface area contributed by atoms with Crippen LogP contribution in [0, 0.1) is 11.3 Å². The van der Waals surface area contributed by atoms with Crippen molar-refractivity contribution in [1.82, 2.24) is 5.32 Å². The molecule has 1 N–H and O–H groups in total. The molecule has 0 radical (unpaired) electrons. The molecule has 2 rings (SSSR count). The topological polar surface area (TPSA) is 52.9 Å². The van der Waals surface area contributed by atoms with Gasteiger partial charge in [-0.2, -0.15) is 5.26 Å². The van der Waals surface area contributed by atoms with E-state index < -0.39 is 5.54 Å². The molecule has 1 aromatic carbocycles. The van der Waals surface area contributed by atoms with Gasteiger partial charge in [0.2, 0.25) is 5.91 Å². The highest BCUT2D eigenvalue weighted by Crippen LogP contribution is 2.29. The van der Waals surface area contributed by atoms with Gasteiger partial charge in [-0.3, -0.25) is 4.79 Å². The van der Waals surface area contributed by atoms with E-state index in [4.69, 9.17) is 11.6 Å². The van der Waals surface area contributed by atoms with Crippen molar-refractivity contribution >= 4 is 29.3 Å². The van der Waals surface area contributed by atoms with Crippen molar-refractivity contribution < 1.29 is 4.79 Å². The van der Waals surface area contributed by atoms with Gasteiger partial charge in [0.15, 0.2) is 0 Å². The van der Waals surface area contributed by atoms with Crippen LogP contribution in [0.15, 0.2) is 29.2 Å². The Morgan fingerprint density at radius 2 is 2.05 bits per heavy atom. The van der Waals surface area contributed by atoms with Crippen LogP contribution in [0.2, 0.25) is 5.02 Å². The summed E-state index contributed by atoms with van der Waals surface area (Å²) in [4.78, 5) is 12.9. The first-order valence-corrected chi connectivity index (χ1v) is 8.11. The highest BCUT2D eigenvalue weighted by atomic mass is 35.5. The zero-order chi connectivity index (χ0) is 14.4. The van der Waals surface area contributed by atoms with Gasteiger partial charge in [0.1, 0.15) is 5.54 Å². The van der Waals surface area contributed by atoms with Gasteiger partial charge < -0.3 is 5.32 Å². The fourth-order valence-corrected chi connectivity index (χ4v) is 3.47. The zero-order valence-electron chi connectivity index (χ0n) is 11.2. The van der Waals surface area contributed by atoms with E-state index in [1.54, 1.807) is 6.07 Å². The summed E-state index contributed by atoms with van der Waals surface area (Å²) in [6.07, 6.45) is 4.67. The number of carbonyl (C=O) groups is 1. The number of amides is 1. The Kier molecular flexibility index (Phi) is 5.33. The third-order valence-electron chi connectivity index (χ3n) is 3.50. The van der Waals surface area contributed by atoms with Gasteiger partial charge in [-0.25, -0.2) is 0 Å². The number of rotatable bonds is 4. The first kappa shape index (κ1) is 15.2. The number of nitrogens with zero attached hydrogens (tertiary/aromatic N) is 1. The minimum Gasteiger partial charge on any atom is -0.337 e. The van der Waals surface area contributed by atoms with Crippen LogP contribution >= 0.6 is 23.4 Å². The molecule has 1 aliphatic rings. The van der Waals surface area contributed by atoms with Crippen LogP contribution in [0.5, 0.6) is 0 Å². The molecule has 106 valence electrons. The highest BCUT2D eigenvalue weighted by molar-refractivity contribution is 8.00. The van der Waals surface area contributed by atoms with Crippen LogP contribution in [0.3, 0.4) is 0 Å². The first-order chi connectivity index (χ1) is 9.65. The van der Waals surface area contributed by atoms with E-state index in [1.165, 1.54) is 11.8 Å². The lowest BCUT2D eigenvalue weighted by Gasteiger charge is -2.31. The van der Waals surface area contributed by atoms with Gasteiger partial charge in [-0.05, 0) is 25.0 Å². The summed E-state index contributed by atoms with van der Waals surface area (Å²) in [5, 5.41) is 12.9. The lowest BCUT2D eigenvalue weighted by atomic mass is 9.83. The molecule has 0 saturated heterocycles. The third-order valence-corrected chi connectivity index (χ3v) is 5.01. The number of benzene rings is 1. The predicted octanol–water partition coefficient (Wildman–Crippen LogP) is 3.77. The number of nitriles is 1. The first-order valence-electron chi connectivity index (χ1n) is 6.75. The minimum absolute atomic E-state index is 0.0987. The largest absolute Gasteiger partial charge is 0.337 e. The van der Waals surface area contributed by atoms with E-state index in [-0.39, 0.29) is 11.7 Å². The minimum atomic E-state index is -0.656. The van der Waals surface area contributed by atoms with Crippen LogP contribution in [-0.4, -0.2) is 17.2 Å². The number of hydrogen-bond donors (Lipinski definition) is 1. The summed E-state index contributed by atoms with van der Waals surface area (Å²) in [6, 6.07) is 9.74. The Balaban J connectivity index is 1.89. The lowest BCUT2D eigenvalue weighted by Crippen LogP contribution is -2.49. The van der Waals surface area contributed by atoms with Gasteiger partial charge >= 0.3 is 0 Å². The number of carbonyl (C=O) groups excluding carboxylic acids is 1. The molecular formula is C15H17ClN2OS. The van der Waals surface area contributed by atoms with Crippen molar-refractivity contribution in [2.24, 2.45) is 0 Å². The van der Waals surface area contributed by atoms with Gasteiger partial charge in [-0.15, -0.1) is 11.8 Å². The van der Waals surface area contributed by atoms with Gasteiger partial charge in [-0.1, -0.05) is 43.0 Å². The maximum atomic E-state index is 12.0. The van der Waals surface area contributed by atoms with E-state index in [2.05, 4.69) is 11.4 Å². The quantitative estimate of drug-likeness (QED) is 0.861. The molecule has 3 nitrogen and oxygen atoms in total. The summed E-state index contributed by atoms with van der Waals surface area (Å²) >= 11 is 7.45. The van der Waals surface area contributed by atoms with Crippen LogP contribution in [0.25, 0.3) is 0 Å². The second-order valence-corrected chi connectivity index (χ2v) is 6.45. The Bertz CT molecular complexity index is 521. The molecule has 1 amide bonds. The predicted molar refractivity (Wildman–Crippen MR) is 81.7 cm³/mol. The van der Waals surface area contributed by atoms with Crippen molar-refractivity contribution in [3.05, 3.63) is 29.3 Å². The molecule has 0 heterocycles. The van der Waals surface area contributed by atoms with Gasteiger partial charge in [0.25, 0.3) is 0 Å². The fraction of sp³-hybridized carbons (Fsp3) is 0.467. The Labute approximate surface area is 128 Å². The summed E-state index contributed by atoms with van der Waals surface area (Å²) in [5.74, 6) is 0.186. The molecule has 0 unspecified atom stereocenters. The number of thioether (sulfide) groups is 1. The molecule has 0 spiro atoms. The zero-order valence-corrected chi connectivity index (χ0v) is 12.8. The SMILES string of the molecule is N#CC1(NC(=O)CSc2ccccc2Cl)CCCCC1. The molecule has 5 heteroatoms. The molecule has 1 fully saturated rings. The van der Waals surface area contributed by atoms with Crippen LogP contribution in [-0.2, 0) is 4.79 Å². The van der Waals surface area contributed by atoms with Crippen molar-refractivity contribution in [3.63, 3.8) is 0 Å². The van der Waals surface area contributed by atoms with E-state index in [0.29, 0.717) is 5.02 Å². The second-order valence-electron chi connectivity index (χ2n) is 5.02. The molecule has 1 aromatic rings. The van der Waals surface area contributed by atoms with Crippen LogP contribution in [0.4, 0.5) is 0 Å². The molecule has 1 aliphatic carbocycles. The van der Waals surface area contributed by atoms with E-state index in [1.807, 2.05) is 18.2 Å². The fourth-order valence-electron chi connectivity index (χ4n) is 2.43. The normalized spacial score (nSPS) is 17.2. The average Bonchev–Trinajstić information content (AvgIpc) is 2.47. The summed E-state index contributed by atoms with van der Waals surface area (Å²) in [5.41, 5.74) is -0.656. The van der Waals surface area contributed by atoms with Gasteiger partial charge in [0.05, 0.1) is 16.8 Å². The molecule has 0 aromatic heterocycles. The average molecular weight is 309 g/mol. The second kappa shape index (κ2) is 7.01. The summed E-state index contributed by atoms with van der Waals surface area (Å²) in [7, 11) is 0. The van der Waals surface area contributed by atoms with E-state index in [0.717, 1.165) is 37.0 Å². The Morgan fingerprint density at radius 1 is 1.35 bits per heavy atom. The standard InChI is InChI=1S/C15H17ClN2OS/c16-12-6-2-3-7-13(12)20-10-14(19)18-15(11-17)8-4-1-5-9-15/h2-3,6-7H,1,4-5,8-10H2,(H,18,19). The number of nitrogens with one attached hydrogen (secondary N) is 1. The molecule has 0 aliphatic heterocycles. The Hall–Kier alpha value is -1.18. The highest BCUT2D eigenvalue weighted by Gasteiger charge is 2.33. The molecular weight excluding hydrogens is 292 g/mol. The lowest BCUT2D eigenvalue weighted by molar-refractivity contribution is -0.120. The molecule has 20 heavy (non-hydrogen) atoms. The smallest absolute Gasteiger partial charge is 0.231 e. The summed E-state index contributed by atoms with van der Waals surface area (Å²) in [6.45, 7) is 0. The van der Waals surface area contributed by atoms with Crippen molar-refractivity contribution in [3.8, 4) is 6.07 Å². The van der Waals surface area contributed by atoms with E-state index in [9.17, 15) is 10.1 Å². The third kappa shape index (κ3) is 3.91. The number of halogens is 1. The van der Waals surface area contributed by atoms with Gasteiger partial charge in [0, 0.05) is 4.90 Å². The Morgan fingerprint density at radius 3 is 2.70 bits per heavy atom. The maximum absolute atomic E-state index is 12.0. The van der Waals surface area contributed by atoms with Crippen LogP contribution in [0.1, 0.15) is 32.1 Å². The van der Waals surface area contributed by atoms with Crippen LogP contribution < -0.4 is 5.32 Å². The molecule has 0 atom stereocenters. The van der Waals surface area contributed by atoms with E-state index >= 15 is 0 Å². The van der Waals surface area contributed by atoms with Crippen molar-refractivity contribution in [1.29, 1.82) is 5.26 Å². The number of hydrogen-bond acceptors (Lipinski definition) is 3. The molecule has 0 bridgehead atoms. The van der Waals surface area contributed by atoms with Crippen molar-refractivity contribution in [2.45, 2.75) is 42.5 Å². The molecule has 1 saturated carbocycles. The monoisotopic (exact) mass is 308 g/mol. The summed E-state index contributed by atoms with van der Waals surface area (Å²) < 4.78 is 0. The van der Waals surface area contributed by atoms with Crippen molar-refractivity contribution in [2.75, 3.05) is 5.75 Å².